The number of imidazole rings is 1. The third-order valence-electron chi connectivity index (χ3n) is 5.80. The number of carbonyl (C=O) groups is 1. The predicted octanol–water partition coefficient (Wildman–Crippen LogP) is 4.04. The summed E-state index contributed by atoms with van der Waals surface area (Å²) in [6, 6.07) is 11.7. The average Bonchev–Trinajstić information content (AvgIpc) is 3.26. The van der Waals surface area contributed by atoms with Crippen LogP contribution in [0.3, 0.4) is 0 Å². The molecule has 10 heteroatoms. The Bertz CT molecular complexity index is 1640. The van der Waals surface area contributed by atoms with E-state index in [1.54, 1.807) is 30.5 Å². The molecule has 0 spiro atoms. The summed E-state index contributed by atoms with van der Waals surface area (Å²) < 4.78 is 15.0. The van der Waals surface area contributed by atoms with Crippen molar-refractivity contribution in [2.75, 3.05) is 11.9 Å². The van der Waals surface area contributed by atoms with Crippen LogP contribution in [0.15, 0.2) is 53.5 Å². The topological polar surface area (TPSA) is 128 Å². The van der Waals surface area contributed by atoms with Gasteiger partial charge in [-0.1, -0.05) is 24.3 Å². The lowest BCUT2D eigenvalue weighted by atomic mass is 9.97. The maximum Gasteiger partial charge on any atom is 0.321 e. The predicted molar refractivity (Wildman–Crippen MR) is 132 cm³/mol. The summed E-state index contributed by atoms with van der Waals surface area (Å²) in [5.74, 6) is -0.141. The van der Waals surface area contributed by atoms with Gasteiger partial charge in [0.05, 0.1) is 11.1 Å². The van der Waals surface area contributed by atoms with Crippen LogP contribution in [0.25, 0.3) is 33.1 Å². The van der Waals surface area contributed by atoms with Crippen LogP contribution in [-0.4, -0.2) is 37.7 Å². The first kappa shape index (κ1) is 22.2. The van der Waals surface area contributed by atoms with Crippen LogP contribution >= 0.6 is 0 Å². The van der Waals surface area contributed by atoms with Crippen LogP contribution < -0.4 is 16.2 Å². The van der Waals surface area contributed by atoms with Gasteiger partial charge in [0.2, 0.25) is 5.95 Å². The van der Waals surface area contributed by atoms with E-state index in [4.69, 9.17) is 0 Å². The van der Waals surface area contributed by atoms with Gasteiger partial charge in [0, 0.05) is 35.7 Å². The van der Waals surface area contributed by atoms with E-state index in [2.05, 4.69) is 35.8 Å². The van der Waals surface area contributed by atoms with Gasteiger partial charge in [0.25, 0.3) is 5.56 Å². The van der Waals surface area contributed by atoms with E-state index in [-0.39, 0.29) is 17.5 Å². The molecule has 9 nitrogen and oxygen atoms in total. The number of fused-ring (bicyclic) bond motifs is 2. The second-order valence-corrected chi connectivity index (χ2v) is 8.10. The lowest BCUT2D eigenvalue weighted by Gasteiger charge is -2.10. The summed E-state index contributed by atoms with van der Waals surface area (Å²) in [5, 5.41) is 13.3. The van der Waals surface area contributed by atoms with Gasteiger partial charge in [-0.15, -0.1) is 0 Å². The third kappa shape index (κ3) is 4.21. The van der Waals surface area contributed by atoms with E-state index >= 15 is 0 Å². The second kappa shape index (κ2) is 8.98. The highest BCUT2D eigenvalue weighted by atomic mass is 19.1. The fraction of sp³-hybridized carbons (Fsp3) is 0.160. The first-order chi connectivity index (χ1) is 16.9. The van der Waals surface area contributed by atoms with Crippen LogP contribution in [0.4, 0.5) is 15.1 Å². The number of hydrogen-bond donors (Lipinski definition) is 4. The number of nitrogens with one attached hydrogen (secondary N) is 4. The van der Waals surface area contributed by atoms with Crippen molar-refractivity contribution in [3.8, 4) is 11.1 Å². The van der Waals surface area contributed by atoms with Crippen molar-refractivity contribution in [1.29, 1.82) is 0 Å². The highest BCUT2D eigenvalue weighted by Gasteiger charge is 2.16. The number of rotatable bonds is 5. The summed E-state index contributed by atoms with van der Waals surface area (Å²) in [6.07, 6.45) is 1.99. The number of urea groups is 1. The van der Waals surface area contributed by atoms with Crippen LogP contribution in [0.2, 0.25) is 0 Å². The number of amides is 2. The number of halogens is 1. The Morgan fingerprint density at radius 2 is 1.91 bits per heavy atom. The molecule has 0 bridgehead atoms. The fourth-order valence-corrected chi connectivity index (χ4v) is 4.10. The maximum absolute atomic E-state index is 15.0. The lowest BCUT2D eigenvalue weighted by Crippen LogP contribution is -2.28. The molecule has 0 fully saturated rings. The molecule has 0 aliphatic heterocycles. The molecule has 5 rings (SSSR count). The number of pyridine rings is 1. The number of benzene rings is 2. The Morgan fingerprint density at radius 3 is 2.71 bits per heavy atom. The Labute approximate surface area is 198 Å². The molecule has 35 heavy (non-hydrogen) atoms. The minimum atomic E-state index is -0.395. The number of anilines is 1. The zero-order valence-corrected chi connectivity index (χ0v) is 19.1. The smallest absolute Gasteiger partial charge is 0.321 e. The largest absolute Gasteiger partial charge is 0.338 e. The molecular weight excluding hydrogens is 449 g/mol. The highest BCUT2D eigenvalue weighted by molar-refractivity contribution is 5.91. The maximum atomic E-state index is 15.0. The highest BCUT2D eigenvalue weighted by Crippen LogP contribution is 2.31. The van der Waals surface area contributed by atoms with E-state index in [0.717, 1.165) is 16.5 Å². The number of hydrogen-bond acceptors (Lipinski definition) is 5. The summed E-state index contributed by atoms with van der Waals surface area (Å²) in [5.41, 5.74) is 3.98. The molecule has 0 saturated heterocycles. The molecule has 176 valence electrons. The monoisotopic (exact) mass is 471 g/mol. The molecule has 0 atom stereocenters. The molecule has 2 aromatic carbocycles. The van der Waals surface area contributed by atoms with Gasteiger partial charge < -0.3 is 10.3 Å². The zero-order valence-electron chi connectivity index (χ0n) is 19.1. The minimum Gasteiger partial charge on any atom is -0.338 e. The van der Waals surface area contributed by atoms with E-state index in [1.807, 2.05) is 26.0 Å². The first-order valence-corrected chi connectivity index (χ1v) is 11.1. The Kier molecular flexibility index (Phi) is 5.69. The molecule has 3 aromatic heterocycles. The summed E-state index contributed by atoms with van der Waals surface area (Å²) in [4.78, 5) is 35.7. The molecule has 0 radical (unpaired) electrons. The van der Waals surface area contributed by atoms with Gasteiger partial charge in [-0.25, -0.2) is 24.3 Å². The van der Waals surface area contributed by atoms with Gasteiger partial charge in [0.1, 0.15) is 11.3 Å². The zero-order chi connectivity index (χ0) is 24.5. The second-order valence-electron chi connectivity index (χ2n) is 8.10. The van der Waals surface area contributed by atoms with Crippen molar-refractivity contribution in [2.45, 2.75) is 20.3 Å². The molecule has 0 aliphatic carbocycles. The molecule has 0 aliphatic rings. The third-order valence-corrected chi connectivity index (χ3v) is 5.80. The summed E-state index contributed by atoms with van der Waals surface area (Å²) in [7, 11) is 0. The van der Waals surface area contributed by atoms with Gasteiger partial charge in [-0.3, -0.25) is 10.1 Å². The molecule has 4 N–H and O–H groups in total. The number of H-pyrrole nitrogens is 2. The molecule has 0 saturated carbocycles. The SMILES string of the molecule is CCNC(=O)Nc1nc2c(C)c(-c3cc(Cc4n[nH]c(=O)c5ccccc45)ccc3F)cnc2[nH]1. The van der Waals surface area contributed by atoms with Crippen molar-refractivity contribution in [3.05, 3.63) is 81.7 Å². The summed E-state index contributed by atoms with van der Waals surface area (Å²) >= 11 is 0. The molecule has 2 amide bonds. The van der Waals surface area contributed by atoms with Crippen LogP contribution in [-0.2, 0) is 6.42 Å². The van der Waals surface area contributed by atoms with Gasteiger partial charge in [-0.05, 0) is 43.2 Å². The van der Waals surface area contributed by atoms with E-state index in [9.17, 15) is 14.0 Å². The van der Waals surface area contributed by atoms with Gasteiger partial charge >= 0.3 is 6.03 Å². The Hall–Kier alpha value is -4.60. The van der Waals surface area contributed by atoms with Crippen molar-refractivity contribution in [2.24, 2.45) is 0 Å². The number of aryl methyl sites for hydroxylation is 1. The van der Waals surface area contributed by atoms with E-state index in [1.165, 1.54) is 6.07 Å². The number of aromatic amines is 2. The number of nitrogens with zero attached hydrogens (tertiary/aromatic N) is 3. The van der Waals surface area contributed by atoms with E-state index < -0.39 is 5.82 Å². The van der Waals surface area contributed by atoms with Gasteiger partial charge in [0.15, 0.2) is 5.65 Å². The Morgan fingerprint density at radius 1 is 1.11 bits per heavy atom. The molecule has 0 unspecified atom stereocenters. The van der Waals surface area contributed by atoms with E-state index in [0.29, 0.717) is 46.3 Å². The van der Waals surface area contributed by atoms with Crippen LogP contribution in [0.1, 0.15) is 23.7 Å². The normalized spacial score (nSPS) is 11.2. The van der Waals surface area contributed by atoms with Crippen molar-refractivity contribution in [1.82, 2.24) is 30.5 Å². The molecule has 5 aromatic rings. The quantitative estimate of drug-likeness (QED) is 0.308. The number of aromatic nitrogens is 5. The number of carbonyl (C=O) groups excluding carboxylic acids is 1. The minimum absolute atomic E-state index is 0.251. The van der Waals surface area contributed by atoms with Crippen molar-refractivity contribution in [3.63, 3.8) is 0 Å². The average molecular weight is 471 g/mol. The Balaban J connectivity index is 1.52. The van der Waals surface area contributed by atoms with Crippen molar-refractivity contribution < 1.29 is 9.18 Å². The first-order valence-electron chi connectivity index (χ1n) is 11.1. The van der Waals surface area contributed by atoms with Crippen LogP contribution in [0.5, 0.6) is 0 Å². The van der Waals surface area contributed by atoms with Crippen molar-refractivity contribution >= 4 is 33.9 Å². The van der Waals surface area contributed by atoms with Crippen LogP contribution in [0, 0.1) is 12.7 Å². The lowest BCUT2D eigenvalue weighted by molar-refractivity contribution is 0.252. The van der Waals surface area contributed by atoms with Gasteiger partial charge in [-0.2, -0.15) is 5.10 Å². The summed E-state index contributed by atoms with van der Waals surface area (Å²) in [6.45, 7) is 4.13. The molecular formula is C25H22FN7O2. The standard InChI is InChI=1S/C25H22FN7O2/c1-3-27-25(35)31-24-29-21-13(2)18(12-28-22(21)30-24)17-10-14(8-9-19(17)26)11-20-15-6-4-5-7-16(15)23(34)33-32-20/h4-10,12H,3,11H2,1-2H3,(H,33,34)(H3,27,28,29,30,31,35). The molecule has 3 heterocycles. The fourth-order valence-electron chi connectivity index (χ4n) is 4.10.